The van der Waals surface area contributed by atoms with Crippen LogP contribution in [-0.4, -0.2) is 25.2 Å². The highest BCUT2D eigenvalue weighted by Crippen LogP contribution is 2.13. The van der Waals surface area contributed by atoms with E-state index in [1.807, 2.05) is 30.3 Å². The number of ether oxygens (including phenoxy) is 1. The molecule has 0 aliphatic carbocycles. The molecular formula is C12H16N2O2. The molecule has 1 heterocycles. The van der Waals surface area contributed by atoms with E-state index in [0.29, 0.717) is 19.6 Å². The van der Waals surface area contributed by atoms with Crippen LogP contribution in [-0.2, 0) is 9.53 Å². The Bertz CT molecular complexity index is 349. The Morgan fingerprint density at radius 1 is 1.44 bits per heavy atom. The lowest BCUT2D eigenvalue weighted by Gasteiger charge is -2.27. The summed E-state index contributed by atoms with van der Waals surface area (Å²) >= 11 is 0. The van der Waals surface area contributed by atoms with Crippen molar-refractivity contribution in [2.45, 2.75) is 18.5 Å². The Morgan fingerprint density at radius 2 is 2.12 bits per heavy atom. The Morgan fingerprint density at radius 3 is 2.69 bits per heavy atom. The molecule has 0 saturated carbocycles. The minimum absolute atomic E-state index is 0.00958. The van der Waals surface area contributed by atoms with Crippen LogP contribution in [0.4, 0.5) is 0 Å². The van der Waals surface area contributed by atoms with Crippen molar-refractivity contribution in [3.8, 4) is 0 Å². The second-order valence-electron chi connectivity index (χ2n) is 4.02. The van der Waals surface area contributed by atoms with Gasteiger partial charge in [-0.15, -0.1) is 0 Å². The lowest BCUT2D eigenvalue weighted by molar-refractivity contribution is -0.125. The highest BCUT2D eigenvalue weighted by atomic mass is 16.5. The maximum absolute atomic E-state index is 11.6. The zero-order chi connectivity index (χ0) is 11.4. The van der Waals surface area contributed by atoms with Gasteiger partial charge in [0.05, 0.1) is 19.3 Å². The van der Waals surface area contributed by atoms with Gasteiger partial charge in [-0.25, -0.2) is 0 Å². The zero-order valence-corrected chi connectivity index (χ0v) is 9.06. The summed E-state index contributed by atoms with van der Waals surface area (Å²) in [4.78, 5) is 11.6. The molecule has 1 saturated heterocycles. The molecule has 1 amide bonds. The second-order valence-corrected chi connectivity index (χ2v) is 4.02. The number of hydrogen-bond donors (Lipinski definition) is 2. The maximum Gasteiger partial charge on any atom is 0.222 e. The first-order valence-electron chi connectivity index (χ1n) is 5.43. The van der Waals surface area contributed by atoms with Crippen LogP contribution >= 0.6 is 0 Å². The normalized spacial score (nSPS) is 17.6. The third-order valence-electron chi connectivity index (χ3n) is 2.64. The van der Waals surface area contributed by atoms with Crippen LogP contribution in [0.3, 0.4) is 0 Å². The summed E-state index contributed by atoms with van der Waals surface area (Å²) in [6, 6.07) is 9.59. The first-order valence-corrected chi connectivity index (χ1v) is 5.43. The first kappa shape index (κ1) is 11.1. The fourth-order valence-electron chi connectivity index (χ4n) is 1.62. The minimum atomic E-state index is -0.234. The molecule has 4 nitrogen and oxygen atoms in total. The third-order valence-corrected chi connectivity index (χ3v) is 2.64. The van der Waals surface area contributed by atoms with Crippen LogP contribution in [0.15, 0.2) is 30.3 Å². The fourth-order valence-corrected chi connectivity index (χ4v) is 1.62. The van der Waals surface area contributed by atoms with Gasteiger partial charge in [0.15, 0.2) is 0 Å². The molecule has 0 spiro atoms. The molecule has 16 heavy (non-hydrogen) atoms. The van der Waals surface area contributed by atoms with Crippen molar-refractivity contribution in [1.29, 1.82) is 0 Å². The predicted molar refractivity (Wildman–Crippen MR) is 60.7 cm³/mol. The largest absolute Gasteiger partial charge is 0.377 e. The van der Waals surface area contributed by atoms with Gasteiger partial charge in [0.25, 0.3) is 0 Å². The van der Waals surface area contributed by atoms with E-state index >= 15 is 0 Å². The van der Waals surface area contributed by atoms with E-state index < -0.39 is 0 Å². The van der Waals surface area contributed by atoms with Crippen LogP contribution in [0, 0.1) is 0 Å². The molecule has 2 rings (SSSR count). The number of rotatable bonds is 4. The Kier molecular flexibility index (Phi) is 3.54. The van der Waals surface area contributed by atoms with Crippen molar-refractivity contribution in [3.63, 3.8) is 0 Å². The van der Waals surface area contributed by atoms with Gasteiger partial charge < -0.3 is 15.8 Å². The molecule has 1 aromatic carbocycles. The van der Waals surface area contributed by atoms with Crippen LogP contribution < -0.4 is 11.1 Å². The average Bonchev–Trinajstić information content (AvgIpc) is 2.25. The number of amides is 1. The summed E-state index contributed by atoms with van der Waals surface area (Å²) in [5, 5.41) is 2.87. The highest BCUT2D eigenvalue weighted by molar-refractivity contribution is 5.77. The Labute approximate surface area is 94.8 Å². The molecule has 1 unspecified atom stereocenters. The van der Waals surface area contributed by atoms with E-state index in [1.54, 1.807) is 0 Å². The Hall–Kier alpha value is -1.39. The third kappa shape index (κ3) is 2.81. The summed E-state index contributed by atoms with van der Waals surface area (Å²) in [6.07, 6.45) is 0.320. The molecule has 0 bridgehead atoms. The molecule has 86 valence electrons. The number of benzene rings is 1. The summed E-state index contributed by atoms with van der Waals surface area (Å²) in [7, 11) is 0. The van der Waals surface area contributed by atoms with Crippen LogP contribution in [0.5, 0.6) is 0 Å². The van der Waals surface area contributed by atoms with Crippen molar-refractivity contribution in [3.05, 3.63) is 35.9 Å². The van der Waals surface area contributed by atoms with Gasteiger partial charge in [0.1, 0.15) is 0 Å². The summed E-state index contributed by atoms with van der Waals surface area (Å²) in [5.41, 5.74) is 6.93. The molecule has 4 heteroatoms. The average molecular weight is 220 g/mol. The smallest absolute Gasteiger partial charge is 0.222 e. The molecule has 1 fully saturated rings. The van der Waals surface area contributed by atoms with Crippen molar-refractivity contribution in [2.24, 2.45) is 5.73 Å². The Balaban J connectivity index is 1.82. The monoisotopic (exact) mass is 220 g/mol. The topological polar surface area (TPSA) is 64.4 Å². The molecular weight excluding hydrogens is 204 g/mol. The van der Waals surface area contributed by atoms with E-state index in [0.717, 1.165) is 5.56 Å². The van der Waals surface area contributed by atoms with Gasteiger partial charge in [0, 0.05) is 12.5 Å². The van der Waals surface area contributed by atoms with Gasteiger partial charge in [-0.3, -0.25) is 4.79 Å². The van der Waals surface area contributed by atoms with Crippen LogP contribution in [0.2, 0.25) is 0 Å². The molecule has 1 aromatic rings. The number of nitrogens with one attached hydrogen (secondary N) is 1. The van der Waals surface area contributed by atoms with Crippen molar-refractivity contribution in [1.82, 2.24) is 5.32 Å². The number of carbonyl (C=O) groups is 1. The minimum Gasteiger partial charge on any atom is -0.377 e. The summed E-state index contributed by atoms with van der Waals surface area (Å²) < 4.78 is 4.98. The number of carbonyl (C=O) groups excluding carboxylic acids is 1. The molecule has 1 aliphatic rings. The SMILES string of the molecule is NC(CC(=O)NC1COC1)c1ccccc1. The molecule has 1 atom stereocenters. The summed E-state index contributed by atoms with van der Waals surface area (Å²) in [5.74, 6) is -0.00958. The van der Waals surface area contributed by atoms with Gasteiger partial charge in [0.2, 0.25) is 5.91 Å². The fraction of sp³-hybridized carbons (Fsp3) is 0.417. The van der Waals surface area contributed by atoms with E-state index in [-0.39, 0.29) is 18.0 Å². The van der Waals surface area contributed by atoms with E-state index in [2.05, 4.69) is 5.32 Å². The summed E-state index contributed by atoms with van der Waals surface area (Å²) in [6.45, 7) is 1.23. The van der Waals surface area contributed by atoms with Crippen LogP contribution in [0.1, 0.15) is 18.0 Å². The number of nitrogens with two attached hydrogens (primary N) is 1. The quantitative estimate of drug-likeness (QED) is 0.780. The van der Waals surface area contributed by atoms with Gasteiger partial charge in [-0.2, -0.15) is 0 Å². The van der Waals surface area contributed by atoms with Gasteiger partial charge >= 0.3 is 0 Å². The van der Waals surface area contributed by atoms with Gasteiger partial charge in [-0.1, -0.05) is 30.3 Å². The molecule has 0 aromatic heterocycles. The second kappa shape index (κ2) is 5.09. The molecule has 1 aliphatic heterocycles. The molecule has 3 N–H and O–H groups in total. The van der Waals surface area contributed by atoms with E-state index in [4.69, 9.17) is 10.5 Å². The number of hydrogen-bond acceptors (Lipinski definition) is 3. The lowest BCUT2D eigenvalue weighted by Crippen LogP contribution is -2.49. The first-order chi connectivity index (χ1) is 7.75. The van der Waals surface area contributed by atoms with Gasteiger partial charge in [-0.05, 0) is 5.56 Å². The van der Waals surface area contributed by atoms with E-state index in [1.165, 1.54) is 0 Å². The highest BCUT2D eigenvalue weighted by Gasteiger charge is 2.21. The molecule has 0 radical (unpaired) electrons. The van der Waals surface area contributed by atoms with E-state index in [9.17, 15) is 4.79 Å². The van der Waals surface area contributed by atoms with Crippen molar-refractivity contribution < 1.29 is 9.53 Å². The maximum atomic E-state index is 11.6. The predicted octanol–water partition coefficient (Wildman–Crippen LogP) is 0.591. The van der Waals surface area contributed by atoms with Crippen molar-refractivity contribution >= 4 is 5.91 Å². The van der Waals surface area contributed by atoms with Crippen LogP contribution in [0.25, 0.3) is 0 Å². The van der Waals surface area contributed by atoms with Crippen molar-refractivity contribution in [2.75, 3.05) is 13.2 Å². The zero-order valence-electron chi connectivity index (χ0n) is 9.06. The lowest BCUT2D eigenvalue weighted by atomic mass is 10.0. The standard InChI is InChI=1S/C12H16N2O2/c13-11(9-4-2-1-3-5-9)6-12(15)14-10-7-16-8-10/h1-5,10-11H,6-8,13H2,(H,14,15).